The summed E-state index contributed by atoms with van der Waals surface area (Å²) in [5.41, 5.74) is 1.86. The average molecular weight is 274 g/mol. The minimum atomic E-state index is 0.0640. The van der Waals surface area contributed by atoms with Crippen molar-refractivity contribution in [3.63, 3.8) is 0 Å². The van der Waals surface area contributed by atoms with Crippen molar-refractivity contribution in [3.05, 3.63) is 29.3 Å². The standard InChI is InChI=1S/C17H22O3/c1-12-4-5-16(15(10-12)13(2)18)20-14-6-9-19-17(11-14)7-3-8-17/h4-5,10,14H,3,6-9,11H2,1-2H3. The van der Waals surface area contributed by atoms with Gasteiger partial charge < -0.3 is 9.47 Å². The van der Waals surface area contributed by atoms with Gasteiger partial charge in [0.1, 0.15) is 11.9 Å². The number of Topliss-reactive ketones (excluding diaryl/α,β-unsaturated/α-hetero) is 1. The maximum Gasteiger partial charge on any atom is 0.163 e. The van der Waals surface area contributed by atoms with Gasteiger partial charge in [0.25, 0.3) is 0 Å². The normalized spacial score (nSPS) is 24.2. The highest BCUT2D eigenvalue weighted by atomic mass is 16.5. The number of hydrogen-bond acceptors (Lipinski definition) is 3. The third-order valence-corrected chi connectivity index (χ3v) is 4.52. The van der Waals surface area contributed by atoms with Crippen LogP contribution in [0.15, 0.2) is 18.2 Å². The minimum absolute atomic E-state index is 0.0640. The summed E-state index contributed by atoms with van der Waals surface area (Å²) in [6, 6.07) is 5.84. The van der Waals surface area contributed by atoms with Crippen molar-refractivity contribution in [2.45, 2.75) is 57.7 Å². The van der Waals surface area contributed by atoms with Crippen molar-refractivity contribution in [1.82, 2.24) is 0 Å². The summed E-state index contributed by atoms with van der Waals surface area (Å²) in [5.74, 6) is 0.790. The fourth-order valence-electron chi connectivity index (χ4n) is 3.20. The van der Waals surface area contributed by atoms with Crippen molar-refractivity contribution in [1.29, 1.82) is 0 Å². The van der Waals surface area contributed by atoms with E-state index in [0.29, 0.717) is 5.56 Å². The Morgan fingerprint density at radius 3 is 2.85 bits per heavy atom. The van der Waals surface area contributed by atoms with E-state index in [1.165, 1.54) is 6.42 Å². The third kappa shape index (κ3) is 2.59. The SMILES string of the molecule is CC(=O)c1cc(C)ccc1OC1CCOC2(CCC2)C1. The van der Waals surface area contributed by atoms with Gasteiger partial charge in [-0.15, -0.1) is 0 Å². The Kier molecular flexibility index (Phi) is 3.55. The molecule has 20 heavy (non-hydrogen) atoms. The van der Waals surface area contributed by atoms with Gasteiger partial charge in [0.15, 0.2) is 5.78 Å². The van der Waals surface area contributed by atoms with Gasteiger partial charge >= 0.3 is 0 Å². The van der Waals surface area contributed by atoms with E-state index >= 15 is 0 Å². The molecule has 3 rings (SSSR count). The number of aryl methyl sites for hydroxylation is 1. The molecule has 0 bridgehead atoms. The van der Waals surface area contributed by atoms with Crippen LogP contribution in [0.4, 0.5) is 0 Å². The van der Waals surface area contributed by atoms with Crippen LogP contribution in [0.25, 0.3) is 0 Å². The van der Waals surface area contributed by atoms with E-state index in [0.717, 1.165) is 43.6 Å². The summed E-state index contributed by atoms with van der Waals surface area (Å²) in [4.78, 5) is 11.8. The number of ketones is 1. The van der Waals surface area contributed by atoms with E-state index in [-0.39, 0.29) is 17.5 Å². The van der Waals surface area contributed by atoms with E-state index < -0.39 is 0 Å². The summed E-state index contributed by atoms with van der Waals surface area (Å²) in [6.45, 7) is 4.36. The fourth-order valence-corrected chi connectivity index (χ4v) is 3.20. The van der Waals surface area contributed by atoms with Gasteiger partial charge in [0, 0.05) is 12.8 Å². The fraction of sp³-hybridized carbons (Fsp3) is 0.588. The van der Waals surface area contributed by atoms with Crippen LogP contribution in [0.3, 0.4) is 0 Å². The quantitative estimate of drug-likeness (QED) is 0.789. The Balaban J connectivity index is 1.75. The summed E-state index contributed by atoms with van der Waals surface area (Å²) >= 11 is 0. The zero-order chi connectivity index (χ0) is 14.2. The molecule has 1 saturated carbocycles. The van der Waals surface area contributed by atoms with Gasteiger partial charge in [-0.3, -0.25) is 4.79 Å². The lowest BCUT2D eigenvalue weighted by molar-refractivity contribution is -0.153. The molecule has 2 aliphatic rings. The summed E-state index contributed by atoms with van der Waals surface area (Å²) < 4.78 is 12.1. The van der Waals surface area contributed by atoms with Gasteiger partial charge in [-0.2, -0.15) is 0 Å². The first-order chi connectivity index (χ1) is 9.58. The lowest BCUT2D eigenvalue weighted by Gasteiger charge is -2.47. The topological polar surface area (TPSA) is 35.5 Å². The highest BCUT2D eigenvalue weighted by Crippen LogP contribution is 2.43. The molecule has 0 amide bonds. The van der Waals surface area contributed by atoms with Crippen LogP contribution in [-0.4, -0.2) is 24.1 Å². The molecule has 1 saturated heterocycles. The molecular formula is C17H22O3. The molecule has 0 N–H and O–H groups in total. The molecule has 2 fully saturated rings. The number of carbonyl (C=O) groups is 1. The van der Waals surface area contributed by atoms with Crippen LogP contribution < -0.4 is 4.74 Å². The van der Waals surface area contributed by atoms with Gasteiger partial charge in [0.05, 0.1) is 17.8 Å². The lowest BCUT2D eigenvalue weighted by atomic mass is 9.74. The highest BCUT2D eigenvalue weighted by Gasteiger charge is 2.43. The first-order valence-corrected chi connectivity index (χ1v) is 7.50. The molecule has 0 aromatic heterocycles. The molecule has 3 heteroatoms. The molecule has 1 aromatic carbocycles. The van der Waals surface area contributed by atoms with Crippen LogP contribution in [0.2, 0.25) is 0 Å². The predicted molar refractivity (Wildman–Crippen MR) is 77.4 cm³/mol. The molecule has 1 aliphatic carbocycles. The van der Waals surface area contributed by atoms with Gasteiger partial charge in [-0.25, -0.2) is 0 Å². The van der Waals surface area contributed by atoms with Gasteiger partial charge in [-0.05, 0) is 45.2 Å². The smallest absolute Gasteiger partial charge is 0.163 e. The summed E-state index contributed by atoms with van der Waals surface area (Å²) in [6.07, 6.45) is 5.60. The van der Waals surface area contributed by atoms with E-state index in [1.807, 2.05) is 25.1 Å². The first kappa shape index (κ1) is 13.6. The molecule has 1 heterocycles. The zero-order valence-electron chi connectivity index (χ0n) is 12.3. The molecule has 3 nitrogen and oxygen atoms in total. The Bertz CT molecular complexity index is 517. The van der Waals surface area contributed by atoms with Crippen molar-refractivity contribution in [3.8, 4) is 5.75 Å². The number of rotatable bonds is 3. The zero-order valence-corrected chi connectivity index (χ0v) is 12.3. The van der Waals surface area contributed by atoms with Crippen molar-refractivity contribution < 1.29 is 14.3 Å². The van der Waals surface area contributed by atoms with Crippen molar-refractivity contribution in [2.75, 3.05) is 6.61 Å². The number of benzene rings is 1. The molecule has 1 atom stereocenters. The molecule has 1 spiro atoms. The maximum atomic E-state index is 11.8. The number of carbonyl (C=O) groups excluding carboxylic acids is 1. The highest BCUT2D eigenvalue weighted by molar-refractivity contribution is 5.97. The van der Waals surface area contributed by atoms with Crippen LogP contribution in [0.5, 0.6) is 5.75 Å². The first-order valence-electron chi connectivity index (χ1n) is 7.50. The molecule has 0 radical (unpaired) electrons. The maximum absolute atomic E-state index is 11.8. The van der Waals surface area contributed by atoms with Crippen LogP contribution in [0.1, 0.15) is 54.9 Å². The molecule has 1 aromatic rings. The molecule has 108 valence electrons. The van der Waals surface area contributed by atoms with E-state index in [4.69, 9.17) is 9.47 Å². The molecule has 1 aliphatic heterocycles. The number of hydrogen-bond donors (Lipinski definition) is 0. The molecular weight excluding hydrogens is 252 g/mol. The Hall–Kier alpha value is -1.35. The average Bonchev–Trinajstić information content (AvgIpc) is 2.39. The third-order valence-electron chi connectivity index (χ3n) is 4.52. The second-order valence-corrected chi connectivity index (χ2v) is 6.17. The van der Waals surface area contributed by atoms with Crippen molar-refractivity contribution in [2.24, 2.45) is 0 Å². The van der Waals surface area contributed by atoms with E-state index in [2.05, 4.69) is 0 Å². The van der Waals surface area contributed by atoms with Crippen molar-refractivity contribution >= 4 is 5.78 Å². The second kappa shape index (κ2) is 5.21. The Morgan fingerprint density at radius 1 is 1.40 bits per heavy atom. The Labute approximate surface area is 120 Å². The van der Waals surface area contributed by atoms with Crippen LogP contribution in [-0.2, 0) is 4.74 Å². The summed E-state index contributed by atoms with van der Waals surface area (Å²) in [7, 11) is 0. The Morgan fingerprint density at radius 2 is 2.20 bits per heavy atom. The van der Waals surface area contributed by atoms with Crippen LogP contribution in [0, 0.1) is 6.92 Å². The lowest BCUT2D eigenvalue weighted by Crippen LogP contribution is -2.48. The number of ether oxygens (including phenoxy) is 2. The van der Waals surface area contributed by atoms with Gasteiger partial charge in [0.2, 0.25) is 0 Å². The largest absolute Gasteiger partial charge is 0.489 e. The monoisotopic (exact) mass is 274 g/mol. The van der Waals surface area contributed by atoms with E-state index in [9.17, 15) is 4.79 Å². The minimum Gasteiger partial charge on any atom is -0.489 e. The predicted octanol–water partition coefficient (Wildman–Crippen LogP) is 3.68. The van der Waals surface area contributed by atoms with Crippen LogP contribution >= 0.6 is 0 Å². The van der Waals surface area contributed by atoms with E-state index in [1.54, 1.807) is 6.92 Å². The van der Waals surface area contributed by atoms with Gasteiger partial charge in [-0.1, -0.05) is 11.6 Å². The second-order valence-electron chi connectivity index (χ2n) is 6.17. The molecule has 1 unspecified atom stereocenters. The summed E-state index contributed by atoms with van der Waals surface area (Å²) in [5, 5.41) is 0.